The minimum absolute atomic E-state index is 0.00481. The van der Waals surface area contributed by atoms with Crippen molar-refractivity contribution in [2.45, 2.75) is 38.5 Å². The molecule has 0 bridgehead atoms. The Kier molecular flexibility index (Phi) is 6.53. The van der Waals surface area contributed by atoms with Crippen molar-refractivity contribution >= 4 is 5.91 Å². The molecule has 2 N–H and O–H groups in total. The van der Waals surface area contributed by atoms with Crippen LogP contribution in [0.2, 0.25) is 0 Å². The third kappa shape index (κ3) is 4.90. The van der Waals surface area contributed by atoms with Crippen LogP contribution in [0, 0.1) is 11.6 Å². The lowest BCUT2D eigenvalue weighted by molar-refractivity contribution is -0.125. The normalized spacial score (nSPS) is 20.0. The maximum atomic E-state index is 13.8. The minimum atomic E-state index is -0.554. The van der Waals surface area contributed by atoms with Crippen LogP contribution in [0.5, 0.6) is 0 Å². The van der Waals surface area contributed by atoms with E-state index in [0.717, 1.165) is 5.56 Å². The smallest absolute Gasteiger partial charge is 0.237 e. The van der Waals surface area contributed by atoms with Crippen molar-refractivity contribution in [1.29, 1.82) is 0 Å². The summed E-state index contributed by atoms with van der Waals surface area (Å²) in [5.41, 5.74) is 1.17. The molecule has 0 spiro atoms. The molecule has 1 heterocycles. The Morgan fingerprint density at radius 1 is 1.11 bits per heavy atom. The van der Waals surface area contributed by atoms with Gasteiger partial charge in [0.15, 0.2) is 0 Å². The lowest BCUT2D eigenvalue weighted by Crippen LogP contribution is -2.42. The van der Waals surface area contributed by atoms with Crippen molar-refractivity contribution in [3.63, 3.8) is 0 Å². The number of carbonyl (C=O) groups excluding carboxylic acids is 1. The van der Waals surface area contributed by atoms with E-state index in [1.807, 2.05) is 37.3 Å². The van der Waals surface area contributed by atoms with Gasteiger partial charge in [-0.05, 0) is 31.0 Å². The van der Waals surface area contributed by atoms with Crippen molar-refractivity contribution in [2.75, 3.05) is 13.1 Å². The van der Waals surface area contributed by atoms with Crippen molar-refractivity contribution < 1.29 is 13.6 Å². The fourth-order valence-electron chi connectivity index (χ4n) is 3.56. The van der Waals surface area contributed by atoms with E-state index in [1.54, 1.807) is 0 Å². The fourth-order valence-corrected chi connectivity index (χ4v) is 3.56. The first-order chi connectivity index (χ1) is 13.1. The summed E-state index contributed by atoms with van der Waals surface area (Å²) in [7, 11) is 0. The molecule has 0 aromatic heterocycles. The highest BCUT2D eigenvalue weighted by Crippen LogP contribution is 2.22. The van der Waals surface area contributed by atoms with Crippen molar-refractivity contribution in [1.82, 2.24) is 15.5 Å². The van der Waals surface area contributed by atoms with E-state index in [-0.39, 0.29) is 30.1 Å². The van der Waals surface area contributed by atoms with Gasteiger partial charge in [-0.1, -0.05) is 36.4 Å². The first-order valence-corrected chi connectivity index (χ1v) is 9.30. The molecule has 2 aromatic rings. The van der Waals surface area contributed by atoms with Crippen LogP contribution in [-0.4, -0.2) is 36.0 Å². The average molecular weight is 373 g/mol. The molecule has 0 aliphatic carbocycles. The highest BCUT2D eigenvalue weighted by atomic mass is 19.1. The number of amides is 1. The summed E-state index contributed by atoms with van der Waals surface area (Å²) in [6.07, 6.45) is 0.606. The van der Waals surface area contributed by atoms with E-state index < -0.39 is 11.6 Å². The van der Waals surface area contributed by atoms with Gasteiger partial charge in [-0.2, -0.15) is 0 Å². The molecule has 1 saturated heterocycles. The van der Waals surface area contributed by atoms with Gasteiger partial charge in [0, 0.05) is 37.8 Å². The zero-order chi connectivity index (χ0) is 19.2. The molecule has 1 aliphatic rings. The molecule has 6 heteroatoms. The highest BCUT2D eigenvalue weighted by Gasteiger charge is 2.36. The molecule has 27 heavy (non-hydrogen) atoms. The SMILES string of the molecule is CCNC(=O)[C@@H]1C[C@H](NCc2c(F)cccc2F)CN1Cc1ccccc1. The molecule has 0 saturated carbocycles. The molecule has 1 fully saturated rings. The number of halogens is 2. The molecule has 144 valence electrons. The Morgan fingerprint density at radius 2 is 1.81 bits per heavy atom. The molecule has 4 nitrogen and oxygen atoms in total. The standard InChI is InChI=1S/C21H25F2N3O/c1-2-24-21(27)20-11-16(14-26(20)13-15-7-4-3-5-8-15)25-12-17-18(22)9-6-10-19(17)23/h3-10,16,20,25H,2,11-14H2,1H3,(H,24,27)/t16-,20-/m0/s1. The summed E-state index contributed by atoms with van der Waals surface area (Å²) in [6.45, 7) is 3.88. The first kappa shape index (κ1) is 19.5. The van der Waals surface area contributed by atoms with Gasteiger partial charge in [0.25, 0.3) is 0 Å². The third-order valence-corrected chi connectivity index (χ3v) is 4.91. The van der Waals surface area contributed by atoms with Gasteiger partial charge in [-0.15, -0.1) is 0 Å². The number of nitrogens with one attached hydrogen (secondary N) is 2. The fraction of sp³-hybridized carbons (Fsp3) is 0.381. The second-order valence-corrected chi connectivity index (χ2v) is 6.84. The summed E-state index contributed by atoms with van der Waals surface area (Å²) >= 11 is 0. The van der Waals surface area contributed by atoms with Gasteiger partial charge in [0.05, 0.1) is 6.04 Å². The first-order valence-electron chi connectivity index (χ1n) is 9.30. The monoisotopic (exact) mass is 373 g/mol. The highest BCUT2D eigenvalue weighted by molar-refractivity contribution is 5.82. The van der Waals surface area contributed by atoms with Crippen LogP contribution in [0.4, 0.5) is 8.78 Å². The van der Waals surface area contributed by atoms with Crippen molar-refractivity contribution in [3.8, 4) is 0 Å². The lowest BCUT2D eigenvalue weighted by Gasteiger charge is -2.23. The second-order valence-electron chi connectivity index (χ2n) is 6.84. The molecular formula is C21H25F2N3O. The van der Waals surface area contributed by atoms with Crippen LogP contribution in [0.15, 0.2) is 48.5 Å². The number of carbonyl (C=O) groups is 1. The van der Waals surface area contributed by atoms with Crippen molar-refractivity contribution in [3.05, 3.63) is 71.3 Å². The minimum Gasteiger partial charge on any atom is -0.355 e. The second kappa shape index (κ2) is 9.06. The molecule has 0 unspecified atom stereocenters. The molecule has 3 rings (SSSR count). The molecule has 2 atom stereocenters. The molecule has 1 aliphatic heterocycles. The number of likely N-dealkylation sites (tertiary alicyclic amines) is 1. The van der Waals surface area contributed by atoms with Gasteiger partial charge in [0.2, 0.25) is 5.91 Å². The molecule has 1 amide bonds. The summed E-state index contributed by atoms with van der Waals surface area (Å²) in [4.78, 5) is 14.6. The number of rotatable bonds is 7. The zero-order valence-electron chi connectivity index (χ0n) is 15.4. The van der Waals surface area contributed by atoms with Crippen molar-refractivity contribution in [2.24, 2.45) is 0 Å². The lowest BCUT2D eigenvalue weighted by atomic mass is 10.1. The van der Waals surface area contributed by atoms with E-state index >= 15 is 0 Å². The van der Waals surface area contributed by atoms with Gasteiger partial charge in [-0.25, -0.2) is 8.78 Å². The quantitative estimate of drug-likeness (QED) is 0.785. The van der Waals surface area contributed by atoms with Crippen LogP contribution < -0.4 is 10.6 Å². The maximum absolute atomic E-state index is 13.8. The van der Waals surface area contributed by atoms with Crippen LogP contribution in [-0.2, 0) is 17.9 Å². The predicted octanol–water partition coefficient (Wildman–Crippen LogP) is 2.83. The van der Waals surface area contributed by atoms with E-state index in [2.05, 4.69) is 15.5 Å². The number of nitrogens with zero attached hydrogens (tertiary/aromatic N) is 1. The van der Waals surface area contributed by atoms with Gasteiger partial charge < -0.3 is 10.6 Å². The molecule has 2 aromatic carbocycles. The zero-order valence-corrected chi connectivity index (χ0v) is 15.4. The average Bonchev–Trinajstić information content (AvgIpc) is 3.05. The summed E-state index contributed by atoms with van der Waals surface area (Å²) in [5.74, 6) is -1.11. The largest absolute Gasteiger partial charge is 0.355 e. The maximum Gasteiger partial charge on any atom is 0.237 e. The Morgan fingerprint density at radius 3 is 2.48 bits per heavy atom. The Balaban J connectivity index is 1.67. The number of hydrogen-bond donors (Lipinski definition) is 2. The topological polar surface area (TPSA) is 44.4 Å². The van der Waals surface area contributed by atoms with Gasteiger partial charge in [0.1, 0.15) is 11.6 Å². The van der Waals surface area contributed by atoms with Crippen LogP contribution in [0.3, 0.4) is 0 Å². The number of benzene rings is 2. The number of hydrogen-bond acceptors (Lipinski definition) is 3. The number of likely N-dealkylation sites (N-methyl/N-ethyl adjacent to an activating group) is 1. The van der Waals surface area contributed by atoms with Gasteiger partial charge >= 0.3 is 0 Å². The molecular weight excluding hydrogens is 348 g/mol. The Bertz CT molecular complexity index is 749. The van der Waals surface area contributed by atoms with E-state index in [4.69, 9.17) is 0 Å². The van der Waals surface area contributed by atoms with Crippen LogP contribution in [0.25, 0.3) is 0 Å². The Hall–Kier alpha value is -2.31. The molecule has 0 radical (unpaired) electrons. The summed E-state index contributed by atoms with van der Waals surface area (Å²) in [5, 5.41) is 6.11. The van der Waals surface area contributed by atoms with E-state index in [0.29, 0.717) is 26.1 Å². The summed E-state index contributed by atoms with van der Waals surface area (Å²) < 4.78 is 27.7. The van der Waals surface area contributed by atoms with Crippen LogP contribution >= 0.6 is 0 Å². The third-order valence-electron chi connectivity index (χ3n) is 4.91. The van der Waals surface area contributed by atoms with E-state index in [1.165, 1.54) is 18.2 Å². The van der Waals surface area contributed by atoms with Crippen LogP contribution in [0.1, 0.15) is 24.5 Å². The van der Waals surface area contributed by atoms with E-state index in [9.17, 15) is 13.6 Å². The Labute approximate surface area is 158 Å². The van der Waals surface area contributed by atoms with Gasteiger partial charge in [-0.3, -0.25) is 9.69 Å². The predicted molar refractivity (Wildman–Crippen MR) is 101 cm³/mol. The summed E-state index contributed by atoms with van der Waals surface area (Å²) in [6, 6.07) is 13.6.